The summed E-state index contributed by atoms with van der Waals surface area (Å²) in [5.41, 5.74) is 10.3. The number of hydrogen-bond acceptors (Lipinski definition) is 4. The van der Waals surface area contributed by atoms with Crippen LogP contribution >= 0.6 is 0 Å². The highest BCUT2D eigenvalue weighted by atomic mass is 16.5. The van der Waals surface area contributed by atoms with Gasteiger partial charge in [0.2, 0.25) is 11.8 Å². The normalized spacial score (nSPS) is 16.0. The van der Waals surface area contributed by atoms with Crippen LogP contribution in [0.1, 0.15) is 17.0 Å². The zero-order chi connectivity index (χ0) is 17.2. The van der Waals surface area contributed by atoms with Gasteiger partial charge in [-0.25, -0.2) is 0 Å². The third-order valence-corrected chi connectivity index (χ3v) is 4.40. The molecule has 25 heavy (non-hydrogen) atoms. The van der Waals surface area contributed by atoms with Crippen molar-refractivity contribution in [2.45, 2.75) is 12.3 Å². The van der Waals surface area contributed by atoms with Crippen LogP contribution in [0, 0.1) is 11.3 Å². The molecule has 4 rings (SSSR count). The molecule has 0 radical (unpaired) electrons. The van der Waals surface area contributed by atoms with E-state index in [2.05, 4.69) is 16.3 Å². The van der Waals surface area contributed by atoms with Crippen molar-refractivity contribution in [3.8, 4) is 23.2 Å². The molecule has 122 valence electrons. The quantitative estimate of drug-likeness (QED) is 0.770. The summed E-state index contributed by atoms with van der Waals surface area (Å²) in [5.74, 6) is 0.364. The van der Waals surface area contributed by atoms with E-state index in [1.807, 2.05) is 60.7 Å². The number of rotatable bonds is 3. The van der Waals surface area contributed by atoms with Crippen molar-refractivity contribution in [2.75, 3.05) is 0 Å². The van der Waals surface area contributed by atoms with E-state index in [9.17, 15) is 5.26 Å². The smallest absolute Gasteiger partial charge is 0.244 e. The molecule has 0 saturated carbocycles. The minimum absolute atomic E-state index is 0.127. The third-order valence-electron chi connectivity index (χ3n) is 4.40. The topological polar surface area (TPSA) is 87.7 Å². The van der Waals surface area contributed by atoms with Gasteiger partial charge in [-0.3, -0.25) is 5.10 Å². The maximum absolute atomic E-state index is 9.64. The highest BCUT2D eigenvalue weighted by Crippen LogP contribution is 2.43. The Morgan fingerprint density at radius 3 is 2.44 bits per heavy atom. The average Bonchev–Trinajstić information content (AvgIpc) is 3.07. The fourth-order valence-electron chi connectivity index (χ4n) is 3.22. The molecule has 0 aliphatic carbocycles. The molecule has 0 unspecified atom stereocenters. The van der Waals surface area contributed by atoms with E-state index >= 15 is 0 Å². The Morgan fingerprint density at radius 2 is 1.76 bits per heavy atom. The van der Waals surface area contributed by atoms with Gasteiger partial charge in [0.1, 0.15) is 6.07 Å². The lowest BCUT2D eigenvalue weighted by Gasteiger charge is -2.23. The predicted octanol–water partition coefficient (Wildman–Crippen LogP) is 3.49. The van der Waals surface area contributed by atoms with E-state index < -0.39 is 0 Å². The number of hydrogen-bond donors (Lipinski definition) is 2. The molecule has 0 amide bonds. The summed E-state index contributed by atoms with van der Waals surface area (Å²) >= 11 is 0. The number of nitrogens with zero attached hydrogens (tertiary/aromatic N) is 2. The zero-order valence-corrected chi connectivity index (χ0v) is 13.4. The first-order chi connectivity index (χ1) is 12.3. The summed E-state index contributed by atoms with van der Waals surface area (Å²) in [4.78, 5) is 0. The van der Waals surface area contributed by atoms with Gasteiger partial charge in [-0.1, -0.05) is 60.7 Å². The van der Waals surface area contributed by atoms with Crippen molar-refractivity contribution in [2.24, 2.45) is 5.73 Å². The number of nitrogens with two attached hydrogens (primary N) is 1. The molecule has 5 heteroatoms. The molecule has 3 N–H and O–H groups in total. The Hall–Kier alpha value is -3.52. The number of H-pyrrole nitrogens is 1. The first kappa shape index (κ1) is 15.0. The number of fused-ring (bicyclic) bond motifs is 1. The molecule has 1 aliphatic rings. The number of nitrogens with one attached hydrogen (secondary N) is 1. The van der Waals surface area contributed by atoms with Crippen LogP contribution < -0.4 is 10.5 Å². The summed E-state index contributed by atoms with van der Waals surface area (Å²) in [5, 5.41) is 17.0. The van der Waals surface area contributed by atoms with Crippen molar-refractivity contribution in [3.63, 3.8) is 0 Å². The first-order valence-electron chi connectivity index (χ1n) is 8.03. The minimum atomic E-state index is -0.204. The van der Waals surface area contributed by atoms with Crippen molar-refractivity contribution < 1.29 is 4.74 Å². The summed E-state index contributed by atoms with van der Waals surface area (Å²) in [6.07, 6.45) is 0.653. The second kappa shape index (κ2) is 6.17. The monoisotopic (exact) mass is 328 g/mol. The van der Waals surface area contributed by atoms with Gasteiger partial charge in [-0.05, 0) is 17.5 Å². The van der Waals surface area contributed by atoms with Crippen LogP contribution in [0.2, 0.25) is 0 Å². The lowest BCUT2D eigenvalue weighted by Crippen LogP contribution is -2.21. The molecule has 0 fully saturated rings. The number of aromatic amines is 1. The van der Waals surface area contributed by atoms with Crippen LogP contribution in [0.25, 0.3) is 11.3 Å². The van der Waals surface area contributed by atoms with Gasteiger partial charge >= 0.3 is 0 Å². The van der Waals surface area contributed by atoms with Crippen molar-refractivity contribution in [1.82, 2.24) is 10.2 Å². The van der Waals surface area contributed by atoms with E-state index in [-0.39, 0.29) is 11.8 Å². The largest absolute Gasteiger partial charge is 0.420 e. The lowest BCUT2D eigenvalue weighted by atomic mass is 9.84. The van der Waals surface area contributed by atoms with Gasteiger partial charge in [0, 0.05) is 5.92 Å². The number of aromatic nitrogens is 2. The van der Waals surface area contributed by atoms with E-state index in [1.165, 1.54) is 0 Å². The van der Waals surface area contributed by atoms with Gasteiger partial charge in [-0.2, -0.15) is 5.26 Å². The molecule has 2 heterocycles. The Balaban J connectivity index is 1.85. The standard InChI is InChI=1S/C20H16N4O/c21-12-16-15(11-13-7-3-1-4-8-13)17-18(14-9-5-2-6-10-14)23-24-20(17)25-19(16)22/h1-10,15H,11,22H2,(H,23,24)/t15-/m0/s1. The van der Waals surface area contributed by atoms with Gasteiger partial charge in [0.05, 0.1) is 16.8 Å². The fourth-order valence-corrected chi connectivity index (χ4v) is 3.22. The highest BCUT2D eigenvalue weighted by molar-refractivity contribution is 5.69. The van der Waals surface area contributed by atoms with Gasteiger partial charge in [0.25, 0.3) is 0 Å². The molecular weight excluding hydrogens is 312 g/mol. The van der Waals surface area contributed by atoms with Crippen molar-refractivity contribution >= 4 is 0 Å². The molecule has 0 bridgehead atoms. The number of benzene rings is 2. The van der Waals surface area contributed by atoms with Gasteiger partial charge in [0.15, 0.2) is 0 Å². The number of nitriles is 1. The highest BCUT2D eigenvalue weighted by Gasteiger charge is 2.34. The van der Waals surface area contributed by atoms with Crippen LogP contribution in [-0.2, 0) is 6.42 Å². The molecule has 1 aliphatic heterocycles. The Morgan fingerprint density at radius 1 is 1.08 bits per heavy atom. The zero-order valence-electron chi connectivity index (χ0n) is 13.4. The minimum Gasteiger partial charge on any atom is -0.420 e. The predicted molar refractivity (Wildman–Crippen MR) is 94.4 cm³/mol. The second-order valence-corrected chi connectivity index (χ2v) is 5.92. The molecule has 0 spiro atoms. The summed E-state index contributed by atoms with van der Waals surface area (Å²) in [7, 11) is 0. The van der Waals surface area contributed by atoms with Crippen LogP contribution in [0.4, 0.5) is 0 Å². The van der Waals surface area contributed by atoms with E-state index in [4.69, 9.17) is 10.5 Å². The lowest BCUT2D eigenvalue weighted by molar-refractivity contribution is 0.374. The molecule has 1 aromatic heterocycles. The van der Waals surface area contributed by atoms with Gasteiger partial charge in [-0.15, -0.1) is 5.10 Å². The maximum Gasteiger partial charge on any atom is 0.244 e. The van der Waals surface area contributed by atoms with Crippen LogP contribution in [0.3, 0.4) is 0 Å². The Bertz CT molecular complexity index is 968. The van der Waals surface area contributed by atoms with E-state index in [0.29, 0.717) is 17.9 Å². The van der Waals surface area contributed by atoms with Crippen LogP contribution in [0.15, 0.2) is 72.1 Å². The maximum atomic E-state index is 9.64. The van der Waals surface area contributed by atoms with Gasteiger partial charge < -0.3 is 10.5 Å². The van der Waals surface area contributed by atoms with Crippen LogP contribution in [-0.4, -0.2) is 10.2 Å². The summed E-state index contributed by atoms with van der Waals surface area (Å²) in [6, 6.07) is 22.2. The molecule has 5 nitrogen and oxygen atoms in total. The third kappa shape index (κ3) is 2.64. The van der Waals surface area contributed by atoms with E-state index in [0.717, 1.165) is 22.4 Å². The Labute approximate surface area is 145 Å². The first-order valence-corrected chi connectivity index (χ1v) is 8.03. The van der Waals surface area contributed by atoms with E-state index in [1.54, 1.807) is 0 Å². The molecule has 1 atom stereocenters. The van der Waals surface area contributed by atoms with Crippen molar-refractivity contribution in [3.05, 3.63) is 83.2 Å². The van der Waals surface area contributed by atoms with Crippen LogP contribution in [0.5, 0.6) is 5.88 Å². The average molecular weight is 328 g/mol. The second-order valence-electron chi connectivity index (χ2n) is 5.92. The molecular formula is C20H16N4O. The Kier molecular flexibility index (Phi) is 3.71. The molecule has 2 aromatic carbocycles. The SMILES string of the molecule is N#CC1=C(N)Oc2n[nH]c(-c3ccccc3)c2[C@H]1Cc1ccccc1. The molecule has 0 saturated heterocycles. The number of allylic oxidation sites excluding steroid dienone is 1. The number of ether oxygens (including phenoxy) is 1. The van der Waals surface area contributed by atoms with Crippen molar-refractivity contribution in [1.29, 1.82) is 5.26 Å². The summed E-state index contributed by atoms with van der Waals surface area (Å²) < 4.78 is 5.60. The molecule has 3 aromatic rings. The summed E-state index contributed by atoms with van der Waals surface area (Å²) in [6.45, 7) is 0. The fraction of sp³-hybridized carbons (Fsp3) is 0.100.